The molecule has 0 aliphatic heterocycles. The monoisotopic (exact) mass is 349 g/mol. The van der Waals surface area contributed by atoms with E-state index in [1.807, 2.05) is 12.1 Å². The van der Waals surface area contributed by atoms with Gasteiger partial charge in [0.1, 0.15) is 5.52 Å². The van der Waals surface area contributed by atoms with E-state index in [0.29, 0.717) is 33.3 Å². The van der Waals surface area contributed by atoms with Gasteiger partial charge in [0.15, 0.2) is 5.58 Å². The summed E-state index contributed by atoms with van der Waals surface area (Å²) < 4.78 is 5.76. The fourth-order valence-corrected chi connectivity index (χ4v) is 2.55. The number of nitrogens with one attached hydrogen (secondary N) is 1. The molecule has 1 N–H and O–H groups in total. The van der Waals surface area contributed by atoms with Crippen molar-refractivity contribution in [3.63, 3.8) is 0 Å². The number of rotatable bonds is 3. The number of carbonyl (C=O) groups excluding carboxylic acids is 1. The molecule has 25 heavy (non-hydrogen) atoms. The Morgan fingerprint density at radius 2 is 1.92 bits per heavy atom. The molecule has 0 saturated heterocycles. The predicted molar refractivity (Wildman–Crippen MR) is 96.6 cm³/mol. The van der Waals surface area contributed by atoms with Crippen molar-refractivity contribution in [2.75, 3.05) is 5.32 Å². The number of hydrogen-bond acceptors (Lipinski definition) is 4. The van der Waals surface area contributed by atoms with Crippen LogP contribution < -0.4 is 5.32 Å². The van der Waals surface area contributed by atoms with Crippen LogP contribution in [0, 0.1) is 0 Å². The number of pyridine rings is 1. The molecular weight excluding hydrogens is 338 g/mol. The van der Waals surface area contributed by atoms with Crippen LogP contribution in [-0.4, -0.2) is 15.9 Å². The molecule has 6 heteroatoms. The Bertz CT molecular complexity index is 1040. The van der Waals surface area contributed by atoms with Gasteiger partial charge in [-0.1, -0.05) is 11.6 Å². The quantitative estimate of drug-likeness (QED) is 0.577. The van der Waals surface area contributed by atoms with Gasteiger partial charge >= 0.3 is 0 Å². The van der Waals surface area contributed by atoms with Gasteiger partial charge in [-0.15, -0.1) is 0 Å². The lowest BCUT2D eigenvalue weighted by molar-refractivity contribution is 0.102. The Morgan fingerprint density at radius 3 is 2.68 bits per heavy atom. The molecule has 0 spiro atoms. The molecule has 0 fully saturated rings. The molecule has 0 aliphatic rings. The van der Waals surface area contributed by atoms with Crippen molar-refractivity contribution in [1.29, 1.82) is 0 Å². The highest BCUT2D eigenvalue weighted by atomic mass is 35.5. The second-order valence-electron chi connectivity index (χ2n) is 5.40. The maximum atomic E-state index is 12.2. The molecule has 4 rings (SSSR count). The van der Waals surface area contributed by atoms with E-state index < -0.39 is 0 Å². The van der Waals surface area contributed by atoms with E-state index in [1.165, 1.54) is 6.20 Å². The first-order valence-corrected chi connectivity index (χ1v) is 7.95. The minimum atomic E-state index is -0.228. The molecule has 0 unspecified atom stereocenters. The summed E-state index contributed by atoms with van der Waals surface area (Å²) in [5.74, 6) is 0.274. The van der Waals surface area contributed by atoms with Gasteiger partial charge < -0.3 is 9.73 Å². The number of fused-ring (bicyclic) bond motifs is 1. The van der Waals surface area contributed by atoms with Crippen LogP contribution in [0.4, 0.5) is 5.69 Å². The van der Waals surface area contributed by atoms with Crippen LogP contribution in [-0.2, 0) is 0 Å². The molecule has 0 radical (unpaired) electrons. The maximum absolute atomic E-state index is 12.2. The van der Waals surface area contributed by atoms with Crippen molar-refractivity contribution in [1.82, 2.24) is 9.97 Å². The molecule has 0 atom stereocenters. The average Bonchev–Trinajstić information content (AvgIpc) is 3.06. The highest BCUT2D eigenvalue weighted by Crippen LogP contribution is 2.27. The van der Waals surface area contributed by atoms with Crippen molar-refractivity contribution in [2.45, 2.75) is 0 Å². The minimum absolute atomic E-state index is 0.228. The van der Waals surface area contributed by atoms with E-state index in [9.17, 15) is 4.79 Å². The SMILES string of the molecule is O=C(Nc1ccc2oc(-c3ccc(Cl)cc3)nc2c1)c1cccnc1. The first kappa shape index (κ1) is 15.4. The zero-order chi connectivity index (χ0) is 17.2. The van der Waals surface area contributed by atoms with E-state index in [1.54, 1.807) is 48.7 Å². The van der Waals surface area contributed by atoms with E-state index in [4.69, 9.17) is 16.0 Å². The third-order valence-electron chi connectivity index (χ3n) is 3.66. The lowest BCUT2D eigenvalue weighted by Crippen LogP contribution is -2.11. The molecular formula is C19H12ClN3O2. The summed E-state index contributed by atoms with van der Waals surface area (Å²) in [7, 11) is 0. The van der Waals surface area contributed by atoms with Crippen molar-refractivity contribution in [3.05, 3.63) is 77.6 Å². The van der Waals surface area contributed by atoms with Gasteiger partial charge in [-0.3, -0.25) is 9.78 Å². The highest BCUT2D eigenvalue weighted by molar-refractivity contribution is 6.30. The molecule has 0 saturated carbocycles. The highest BCUT2D eigenvalue weighted by Gasteiger charge is 2.11. The summed E-state index contributed by atoms with van der Waals surface area (Å²) >= 11 is 5.90. The smallest absolute Gasteiger partial charge is 0.257 e. The zero-order valence-corrected chi connectivity index (χ0v) is 13.7. The van der Waals surface area contributed by atoms with Gasteiger partial charge in [-0.05, 0) is 54.6 Å². The van der Waals surface area contributed by atoms with E-state index in [-0.39, 0.29) is 5.91 Å². The van der Waals surface area contributed by atoms with Gasteiger partial charge in [0.2, 0.25) is 5.89 Å². The third-order valence-corrected chi connectivity index (χ3v) is 3.91. The molecule has 2 aromatic carbocycles. The standard InChI is InChI=1S/C19H12ClN3O2/c20-14-5-3-12(4-6-14)19-23-16-10-15(7-8-17(16)25-19)22-18(24)13-2-1-9-21-11-13/h1-11H,(H,22,24). The summed E-state index contributed by atoms with van der Waals surface area (Å²) in [6.45, 7) is 0. The topological polar surface area (TPSA) is 68.0 Å². The molecule has 2 heterocycles. The van der Waals surface area contributed by atoms with E-state index in [2.05, 4.69) is 15.3 Å². The number of oxazole rings is 1. The summed E-state index contributed by atoms with van der Waals surface area (Å²) in [4.78, 5) is 20.6. The molecule has 5 nitrogen and oxygen atoms in total. The van der Waals surface area contributed by atoms with Crippen LogP contribution in [0.15, 0.2) is 71.4 Å². The summed E-state index contributed by atoms with van der Waals surface area (Å²) in [5, 5.41) is 3.48. The zero-order valence-electron chi connectivity index (χ0n) is 12.9. The van der Waals surface area contributed by atoms with Gasteiger partial charge in [-0.25, -0.2) is 4.98 Å². The van der Waals surface area contributed by atoms with Crippen molar-refractivity contribution in [3.8, 4) is 11.5 Å². The minimum Gasteiger partial charge on any atom is -0.436 e. The normalized spacial score (nSPS) is 10.8. The Kier molecular flexibility index (Phi) is 3.91. The fourth-order valence-electron chi connectivity index (χ4n) is 2.42. The van der Waals surface area contributed by atoms with Crippen LogP contribution in [0.3, 0.4) is 0 Å². The lowest BCUT2D eigenvalue weighted by atomic mass is 10.2. The van der Waals surface area contributed by atoms with Gasteiger partial charge in [0.05, 0.1) is 5.56 Å². The fraction of sp³-hybridized carbons (Fsp3) is 0. The molecule has 1 amide bonds. The lowest BCUT2D eigenvalue weighted by Gasteiger charge is -2.04. The third kappa shape index (κ3) is 3.22. The maximum Gasteiger partial charge on any atom is 0.257 e. The largest absolute Gasteiger partial charge is 0.436 e. The van der Waals surface area contributed by atoms with Gasteiger partial charge in [0, 0.05) is 28.7 Å². The van der Waals surface area contributed by atoms with Crippen LogP contribution in [0.5, 0.6) is 0 Å². The van der Waals surface area contributed by atoms with Crippen molar-refractivity contribution in [2.24, 2.45) is 0 Å². The molecule has 4 aromatic rings. The Morgan fingerprint density at radius 1 is 1.08 bits per heavy atom. The number of halogens is 1. The number of carbonyl (C=O) groups is 1. The first-order valence-electron chi connectivity index (χ1n) is 7.57. The Balaban J connectivity index is 1.62. The number of hydrogen-bond donors (Lipinski definition) is 1. The van der Waals surface area contributed by atoms with Crippen LogP contribution in [0.2, 0.25) is 5.02 Å². The number of anilines is 1. The summed E-state index contributed by atoms with van der Waals surface area (Å²) in [5.41, 5.74) is 3.27. The van der Waals surface area contributed by atoms with Crippen LogP contribution >= 0.6 is 11.6 Å². The molecule has 2 aromatic heterocycles. The Hall–Kier alpha value is -3.18. The summed E-state index contributed by atoms with van der Waals surface area (Å²) in [6.07, 6.45) is 3.14. The van der Waals surface area contributed by atoms with Gasteiger partial charge in [-0.2, -0.15) is 0 Å². The second kappa shape index (κ2) is 6.37. The van der Waals surface area contributed by atoms with Crippen LogP contribution in [0.1, 0.15) is 10.4 Å². The van der Waals surface area contributed by atoms with E-state index in [0.717, 1.165) is 5.56 Å². The van der Waals surface area contributed by atoms with Crippen LogP contribution in [0.25, 0.3) is 22.6 Å². The Labute approximate surface area is 148 Å². The van der Waals surface area contributed by atoms with Crippen molar-refractivity contribution >= 4 is 34.3 Å². The predicted octanol–water partition coefficient (Wildman–Crippen LogP) is 4.80. The molecule has 0 bridgehead atoms. The van der Waals surface area contributed by atoms with Gasteiger partial charge in [0.25, 0.3) is 5.91 Å². The summed E-state index contributed by atoms with van der Waals surface area (Å²) in [6, 6.07) is 16.0. The number of amides is 1. The number of nitrogens with zero attached hydrogens (tertiary/aromatic N) is 2. The first-order chi connectivity index (χ1) is 12.2. The average molecular weight is 350 g/mol. The molecule has 0 aliphatic carbocycles. The van der Waals surface area contributed by atoms with Crippen molar-refractivity contribution < 1.29 is 9.21 Å². The number of aromatic nitrogens is 2. The number of benzene rings is 2. The van der Waals surface area contributed by atoms with E-state index >= 15 is 0 Å². The second-order valence-corrected chi connectivity index (χ2v) is 5.84. The molecule has 122 valence electrons.